The molecule has 0 heterocycles. The van der Waals surface area contributed by atoms with Gasteiger partial charge in [0.2, 0.25) is 11.8 Å². The zero-order valence-electron chi connectivity index (χ0n) is 12.2. The lowest BCUT2D eigenvalue weighted by atomic mass is 10.1. The highest BCUT2D eigenvalue weighted by Gasteiger charge is 2.10. The summed E-state index contributed by atoms with van der Waals surface area (Å²) in [5, 5.41) is 5.79. The van der Waals surface area contributed by atoms with Crippen LogP contribution >= 0.6 is 0 Å². The molecule has 2 N–H and O–H groups in total. The molecule has 0 aromatic carbocycles. The average molecular weight is 256 g/mol. The first kappa shape index (κ1) is 16.9. The maximum Gasteiger partial charge on any atom is 0.220 e. The molecule has 18 heavy (non-hydrogen) atoms. The molecule has 2 atom stereocenters. The van der Waals surface area contributed by atoms with Crippen molar-refractivity contribution in [3.05, 3.63) is 0 Å². The highest BCUT2D eigenvalue weighted by Crippen LogP contribution is 1.99. The number of nitrogens with one attached hydrogen (secondary N) is 2. The highest BCUT2D eigenvalue weighted by molar-refractivity contribution is 5.83. The van der Waals surface area contributed by atoms with E-state index in [1.807, 2.05) is 13.8 Å². The van der Waals surface area contributed by atoms with Crippen LogP contribution in [0.5, 0.6) is 0 Å². The van der Waals surface area contributed by atoms with Gasteiger partial charge in [0, 0.05) is 24.9 Å². The molecule has 0 aromatic rings. The van der Waals surface area contributed by atoms with E-state index in [-0.39, 0.29) is 36.7 Å². The summed E-state index contributed by atoms with van der Waals surface area (Å²) >= 11 is 0. The molecule has 4 heteroatoms. The molecule has 0 aliphatic rings. The van der Waals surface area contributed by atoms with Gasteiger partial charge in [-0.2, -0.15) is 0 Å². The lowest BCUT2D eigenvalue weighted by molar-refractivity contribution is -0.127. The van der Waals surface area contributed by atoms with Crippen molar-refractivity contribution in [2.75, 3.05) is 0 Å². The molecule has 0 radical (unpaired) electrons. The lowest BCUT2D eigenvalue weighted by Gasteiger charge is -2.14. The van der Waals surface area contributed by atoms with E-state index in [0.29, 0.717) is 0 Å². The summed E-state index contributed by atoms with van der Waals surface area (Å²) in [6, 6.07) is 0.397. The molecule has 0 aliphatic heterocycles. The molecule has 106 valence electrons. The molecule has 4 nitrogen and oxygen atoms in total. The Balaban J connectivity index is 3.74. The van der Waals surface area contributed by atoms with Gasteiger partial charge < -0.3 is 10.6 Å². The van der Waals surface area contributed by atoms with Crippen molar-refractivity contribution in [2.45, 2.75) is 78.3 Å². The Morgan fingerprint density at radius 2 is 1.17 bits per heavy atom. The summed E-state index contributed by atoms with van der Waals surface area (Å²) in [6.45, 7) is 8.16. The van der Waals surface area contributed by atoms with Gasteiger partial charge in [-0.15, -0.1) is 0 Å². The largest absolute Gasteiger partial charge is 0.354 e. The van der Waals surface area contributed by atoms with Crippen LogP contribution in [0.25, 0.3) is 0 Å². The van der Waals surface area contributed by atoms with Crippen LogP contribution in [0.15, 0.2) is 0 Å². The maximum atomic E-state index is 11.6. The number of amides is 2. The topological polar surface area (TPSA) is 58.2 Å². The summed E-state index contributed by atoms with van der Waals surface area (Å²) in [5.74, 6) is -0.0662. The van der Waals surface area contributed by atoms with Crippen molar-refractivity contribution >= 4 is 11.8 Å². The predicted octanol–water partition coefficient (Wildman–Crippen LogP) is 2.38. The summed E-state index contributed by atoms with van der Waals surface area (Å²) in [4.78, 5) is 23.1. The van der Waals surface area contributed by atoms with Crippen LogP contribution in [-0.2, 0) is 9.59 Å². The van der Waals surface area contributed by atoms with Crippen LogP contribution in [0.4, 0.5) is 0 Å². The fourth-order valence-corrected chi connectivity index (χ4v) is 1.93. The second-order valence-corrected chi connectivity index (χ2v) is 5.01. The number of rotatable bonds is 9. The van der Waals surface area contributed by atoms with Gasteiger partial charge in [-0.3, -0.25) is 9.59 Å². The third-order valence-electron chi connectivity index (χ3n) is 2.84. The first-order chi connectivity index (χ1) is 8.49. The zero-order valence-corrected chi connectivity index (χ0v) is 12.2. The van der Waals surface area contributed by atoms with Gasteiger partial charge in [-0.25, -0.2) is 0 Å². The second kappa shape index (κ2) is 9.92. The van der Waals surface area contributed by atoms with E-state index in [9.17, 15) is 9.59 Å². The van der Waals surface area contributed by atoms with E-state index in [4.69, 9.17) is 0 Å². The van der Waals surface area contributed by atoms with E-state index in [1.165, 1.54) is 0 Å². The van der Waals surface area contributed by atoms with Crippen LogP contribution in [-0.4, -0.2) is 23.9 Å². The van der Waals surface area contributed by atoms with Crippen LogP contribution in [0.2, 0.25) is 0 Å². The Morgan fingerprint density at radius 1 is 0.833 bits per heavy atom. The Kier molecular flexibility index (Phi) is 9.33. The van der Waals surface area contributed by atoms with E-state index < -0.39 is 0 Å². The van der Waals surface area contributed by atoms with Gasteiger partial charge in [0.15, 0.2) is 0 Å². The van der Waals surface area contributed by atoms with Gasteiger partial charge >= 0.3 is 0 Å². The number of hydrogen-bond donors (Lipinski definition) is 2. The van der Waals surface area contributed by atoms with Crippen molar-refractivity contribution in [1.29, 1.82) is 0 Å². The predicted molar refractivity (Wildman–Crippen MR) is 74.3 cm³/mol. The molecule has 0 bridgehead atoms. The smallest absolute Gasteiger partial charge is 0.220 e. The van der Waals surface area contributed by atoms with Crippen molar-refractivity contribution in [3.8, 4) is 0 Å². The normalized spacial score (nSPS) is 13.8. The van der Waals surface area contributed by atoms with Crippen molar-refractivity contribution < 1.29 is 9.59 Å². The van der Waals surface area contributed by atoms with E-state index in [0.717, 1.165) is 25.7 Å². The third kappa shape index (κ3) is 9.02. The molecule has 0 unspecified atom stereocenters. The van der Waals surface area contributed by atoms with Crippen LogP contribution < -0.4 is 10.6 Å². The SMILES string of the molecule is CCC[C@@H](C)NC(=O)CCC(=O)N[C@H](C)CCC. The molecule has 0 rings (SSSR count). The minimum Gasteiger partial charge on any atom is -0.354 e. The Morgan fingerprint density at radius 3 is 1.44 bits per heavy atom. The minimum atomic E-state index is -0.0331. The fraction of sp³-hybridized carbons (Fsp3) is 0.857. The molecule has 0 fully saturated rings. The van der Waals surface area contributed by atoms with E-state index >= 15 is 0 Å². The van der Waals surface area contributed by atoms with Crippen molar-refractivity contribution in [1.82, 2.24) is 10.6 Å². The zero-order chi connectivity index (χ0) is 14.0. The molecule has 2 amide bonds. The first-order valence-electron chi connectivity index (χ1n) is 7.08. The summed E-state index contributed by atoms with van der Waals surface area (Å²) in [7, 11) is 0. The van der Waals surface area contributed by atoms with Crippen LogP contribution in [0.1, 0.15) is 66.2 Å². The Bertz CT molecular complexity index is 228. The summed E-state index contributed by atoms with van der Waals surface area (Å²) < 4.78 is 0. The number of carbonyl (C=O) groups is 2. The molecule has 0 aromatic heterocycles. The lowest BCUT2D eigenvalue weighted by Crippen LogP contribution is -2.35. The second-order valence-electron chi connectivity index (χ2n) is 5.01. The third-order valence-corrected chi connectivity index (χ3v) is 2.84. The number of hydrogen-bond acceptors (Lipinski definition) is 2. The summed E-state index contributed by atoms with van der Waals surface area (Å²) in [5.41, 5.74) is 0. The molecule has 0 saturated heterocycles. The van der Waals surface area contributed by atoms with Crippen LogP contribution in [0, 0.1) is 0 Å². The van der Waals surface area contributed by atoms with Gasteiger partial charge in [0.05, 0.1) is 0 Å². The van der Waals surface area contributed by atoms with Gasteiger partial charge in [0.1, 0.15) is 0 Å². The molecule has 0 aliphatic carbocycles. The fourth-order valence-electron chi connectivity index (χ4n) is 1.93. The Hall–Kier alpha value is -1.06. The standard InChI is InChI=1S/C14H28N2O2/c1-5-7-11(3)15-13(17)9-10-14(18)16-12(4)8-6-2/h11-12H,5-10H2,1-4H3,(H,15,17)(H,16,18)/t11-,12-/m1/s1. The average Bonchev–Trinajstić information content (AvgIpc) is 2.27. The molecular weight excluding hydrogens is 228 g/mol. The van der Waals surface area contributed by atoms with Gasteiger partial charge in [-0.05, 0) is 26.7 Å². The van der Waals surface area contributed by atoms with Gasteiger partial charge in [0.25, 0.3) is 0 Å². The van der Waals surface area contributed by atoms with E-state index in [2.05, 4.69) is 24.5 Å². The van der Waals surface area contributed by atoms with E-state index in [1.54, 1.807) is 0 Å². The van der Waals surface area contributed by atoms with Gasteiger partial charge in [-0.1, -0.05) is 26.7 Å². The van der Waals surface area contributed by atoms with Crippen molar-refractivity contribution in [2.24, 2.45) is 0 Å². The van der Waals surface area contributed by atoms with Crippen molar-refractivity contribution in [3.63, 3.8) is 0 Å². The number of carbonyl (C=O) groups excluding carboxylic acids is 2. The first-order valence-corrected chi connectivity index (χ1v) is 7.08. The Labute approximate surface area is 111 Å². The van der Waals surface area contributed by atoms with Crippen LogP contribution in [0.3, 0.4) is 0 Å². The maximum absolute atomic E-state index is 11.6. The monoisotopic (exact) mass is 256 g/mol. The minimum absolute atomic E-state index is 0.0331. The molecular formula is C14H28N2O2. The summed E-state index contributed by atoms with van der Waals surface area (Å²) in [6.07, 6.45) is 4.61. The molecule has 0 saturated carbocycles. The molecule has 0 spiro atoms. The quantitative estimate of drug-likeness (QED) is 0.665. The highest BCUT2D eigenvalue weighted by atomic mass is 16.2.